The van der Waals surface area contributed by atoms with Crippen LogP contribution in [0.3, 0.4) is 0 Å². The maximum atomic E-state index is 11.9. The van der Waals surface area contributed by atoms with Gasteiger partial charge >= 0.3 is 6.18 Å². The number of rotatable bonds is 8. The number of ether oxygens (including phenoxy) is 1. The minimum Gasteiger partial charge on any atom is -0.372 e. The van der Waals surface area contributed by atoms with Gasteiger partial charge in [0.05, 0.1) is 17.2 Å². The van der Waals surface area contributed by atoms with Gasteiger partial charge in [0, 0.05) is 24.6 Å². The third kappa shape index (κ3) is 10.3. The van der Waals surface area contributed by atoms with E-state index in [9.17, 15) is 13.2 Å². The maximum Gasteiger partial charge on any atom is 0.411 e. The number of nitrogens with one attached hydrogen (secondary N) is 2. The molecule has 0 saturated carbocycles. The third-order valence-corrected chi connectivity index (χ3v) is 3.81. The molecule has 0 bridgehead atoms. The third-order valence-electron chi connectivity index (χ3n) is 2.75. The number of halogens is 4. The molecule has 0 amide bonds. The van der Waals surface area contributed by atoms with Crippen molar-refractivity contribution >= 4 is 41.3 Å². The van der Waals surface area contributed by atoms with Gasteiger partial charge in [0.15, 0.2) is 5.96 Å². The van der Waals surface area contributed by atoms with Crippen LogP contribution in [0.2, 0.25) is 0 Å². The second kappa shape index (κ2) is 11.9. The Balaban J connectivity index is 0.00000529. The number of aliphatic imine (C=N–C) groups is 1. The van der Waals surface area contributed by atoms with Crippen LogP contribution in [0, 0.1) is 13.8 Å². The smallest absolute Gasteiger partial charge is 0.372 e. The molecule has 1 heterocycles. The SMILES string of the molecule is CCNC(=NCc1sc(C)nc1C)NCCCOCC(F)(F)F.I. The van der Waals surface area contributed by atoms with Crippen LogP contribution in [0.1, 0.15) is 28.9 Å². The lowest BCUT2D eigenvalue weighted by atomic mass is 10.4. The van der Waals surface area contributed by atoms with Gasteiger partial charge in [0.25, 0.3) is 0 Å². The van der Waals surface area contributed by atoms with Gasteiger partial charge in [-0.05, 0) is 27.2 Å². The van der Waals surface area contributed by atoms with Crippen LogP contribution in [0.5, 0.6) is 0 Å². The van der Waals surface area contributed by atoms with E-state index >= 15 is 0 Å². The van der Waals surface area contributed by atoms with Crippen molar-refractivity contribution in [2.24, 2.45) is 4.99 Å². The number of thiazole rings is 1. The van der Waals surface area contributed by atoms with Crippen molar-refractivity contribution < 1.29 is 17.9 Å². The number of hydrogen-bond acceptors (Lipinski definition) is 4. The van der Waals surface area contributed by atoms with Gasteiger partial charge in [0.1, 0.15) is 6.61 Å². The van der Waals surface area contributed by atoms with E-state index < -0.39 is 12.8 Å². The first-order valence-electron chi connectivity index (χ1n) is 7.41. The fourth-order valence-electron chi connectivity index (χ4n) is 1.78. The molecule has 0 aliphatic heterocycles. The van der Waals surface area contributed by atoms with E-state index in [0.29, 0.717) is 32.0 Å². The zero-order chi connectivity index (χ0) is 17.3. The molecule has 1 rings (SSSR count). The van der Waals surface area contributed by atoms with Crippen molar-refractivity contribution in [2.75, 3.05) is 26.3 Å². The Bertz CT molecular complexity index is 509. The Kier molecular flexibility index (Phi) is 11.5. The normalized spacial score (nSPS) is 12.0. The van der Waals surface area contributed by atoms with E-state index in [-0.39, 0.29) is 30.6 Å². The van der Waals surface area contributed by atoms with Crippen LogP contribution in [-0.2, 0) is 11.3 Å². The summed E-state index contributed by atoms with van der Waals surface area (Å²) in [6.07, 6.45) is -3.80. The molecule has 0 saturated heterocycles. The number of alkyl halides is 3. The minimum absolute atomic E-state index is 0. The van der Waals surface area contributed by atoms with Gasteiger partial charge in [-0.3, -0.25) is 0 Å². The Morgan fingerprint density at radius 3 is 2.54 bits per heavy atom. The molecule has 0 spiro atoms. The van der Waals surface area contributed by atoms with Crippen molar-refractivity contribution in [1.29, 1.82) is 0 Å². The van der Waals surface area contributed by atoms with Crippen LogP contribution in [0.15, 0.2) is 4.99 Å². The highest BCUT2D eigenvalue weighted by Crippen LogP contribution is 2.17. The van der Waals surface area contributed by atoms with Gasteiger partial charge < -0.3 is 15.4 Å². The van der Waals surface area contributed by atoms with Crippen LogP contribution >= 0.6 is 35.3 Å². The summed E-state index contributed by atoms with van der Waals surface area (Å²) in [6, 6.07) is 0. The van der Waals surface area contributed by atoms with E-state index in [1.54, 1.807) is 11.3 Å². The van der Waals surface area contributed by atoms with Gasteiger partial charge in [-0.25, -0.2) is 9.98 Å². The van der Waals surface area contributed by atoms with Crippen LogP contribution in [0.25, 0.3) is 0 Å². The van der Waals surface area contributed by atoms with Crippen molar-refractivity contribution in [3.63, 3.8) is 0 Å². The molecule has 0 unspecified atom stereocenters. The molecule has 0 atom stereocenters. The molecule has 2 N–H and O–H groups in total. The Hall–Kier alpha value is -0.620. The van der Waals surface area contributed by atoms with Crippen LogP contribution in [-0.4, -0.2) is 43.4 Å². The highest BCUT2D eigenvalue weighted by atomic mass is 127. The largest absolute Gasteiger partial charge is 0.411 e. The van der Waals surface area contributed by atoms with E-state index in [1.165, 1.54) is 0 Å². The van der Waals surface area contributed by atoms with Gasteiger partial charge in [-0.2, -0.15) is 13.2 Å². The van der Waals surface area contributed by atoms with Gasteiger partial charge in [0.2, 0.25) is 0 Å². The first kappa shape index (κ1) is 23.4. The molecule has 5 nitrogen and oxygen atoms in total. The molecule has 0 aliphatic rings. The van der Waals surface area contributed by atoms with Crippen molar-refractivity contribution in [3.05, 3.63) is 15.6 Å². The maximum absolute atomic E-state index is 11.9. The van der Waals surface area contributed by atoms with E-state index in [4.69, 9.17) is 0 Å². The highest BCUT2D eigenvalue weighted by molar-refractivity contribution is 14.0. The first-order chi connectivity index (χ1) is 10.8. The standard InChI is InChI=1S/C14H23F3N4OS.HI/c1-4-18-13(19-6-5-7-22-9-14(15,16)17)20-8-12-10(2)21-11(3)23-12;/h4-9H2,1-3H3,(H2,18,19,20);1H. The summed E-state index contributed by atoms with van der Waals surface area (Å²) >= 11 is 1.61. The Morgan fingerprint density at radius 1 is 1.29 bits per heavy atom. The molecular weight excluding hydrogens is 456 g/mol. The second-order valence-electron chi connectivity index (χ2n) is 4.88. The molecule has 0 aliphatic carbocycles. The number of hydrogen-bond donors (Lipinski definition) is 2. The average molecular weight is 480 g/mol. The molecule has 24 heavy (non-hydrogen) atoms. The lowest BCUT2D eigenvalue weighted by molar-refractivity contribution is -0.173. The van der Waals surface area contributed by atoms with Crippen molar-refractivity contribution in [1.82, 2.24) is 15.6 Å². The molecular formula is C14H24F3IN4OS. The van der Waals surface area contributed by atoms with Crippen LogP contribution < -0.4 is 10.6 Å². The number of aromatic nitrogens is 1. The summed E-state index contributed by atoms with van der Waals surface area (Å²) in [5.74, 6) is 0.633. The molecule has 0 aromatic carbocycles. The predicted molar refractivity (Wildman–Crippen MR) is 101 cm³/mol. The zero-order valence-corrected chi connectivity index (χ0v) is 17.1. The zero-order valence-electron chi connectivity index (χ0n) is 14.0. The average Bonchev–Trinajstić information content (AvgIpc) is 2.76. The summed E-state index contributed by atoms with van der Waals surface area (Å²) in [5, 5.41) is 7.18. The topological polar surface area (TPSA) is 58.5 Å². The molecule has 1 aromatic rings. The molecule has 0 fully saturated rings. The molecule has 10 heteroatoms. The number of guanidine groups is 1. The van der Waals surface area contributed by atoms with Crippen molar-refractivity contribution in [3.8, 4) is 0 Å². The summed E-state index contributed by atoms with van der Waals surface area (Å²) < 4.78 is 40.3. The molecule has 1 aromatic heterocycles. The number of aryl methyl sites for hydroxylation is 2. The lowest BCUT2D eigenvalue weighted by Crippen LogP contribution is -2.38. The minimum atomic E-state index is -4.27. The predicted octanol–water partition coefficient (Wildman–Crippen LogP) is 3.40. The summed E-state index contributed by atoms with van der Waals surface area (Å²) in [7, 11) is 0. The molecule has 140 valence electrons. The second-order valence-corrected chi connectivity index (χ2v) is 6.17. The summed E-state index contributed by atoms with van der Waals surface area (Å²) in [5.41, 5.74) is 0.979. The fraction of sp³-hybridized carbons (Fsp3) is 0.714. The monoisotopic (exact) mass is 480 g/mol. The Morgan fingerprint density at radius 2 is 2.00 bits per heavy atom. The first-order valence-corrected chi connectivity index (χ1v) is 8.23. The van der Waals surface area contributed by atoms with E-state index in [0.717, 1.165) is 15.6 Å². The Labute approximate surface area is 161 Å². The molecule has 0 radical (unpaired) electrons. The van der Waals surface area contributed by atoms with Crippen molar-refractivity contribution in [2.45, 2.75) is 39.9 Å². The quantitative estimate of drug-likeness (QED) is 0.259. The fourth-order valence-corrected chi connectivity index (χ4v) is 2.64. The number of nitrogens with zero attached hydrogens (tertiary/aromatic N) is 2. The van der Waals surface area contributed by atoms with E-state index in [1.807, 2.05) is 20.8 Å². The highest BCUT2D eigenvalue weighted by Gasteiger charge is 2.27. The van der Waals surface area contributed by atoms with Crippen LogP contribution in [0.4, 0.5) is 13.2 Å². The lowest BCUT2D eigenvalue weighted by Gasteiger charge is -2.11. The van der Waals surface area contributed by atoms with E-state index in [2.05, 4.69) is 25.3 Å². The van der Waals surface area contributed by atoms with Gasteiger partial charge in [-0.15, -0.1) is 35.3 Å². The summed E-state index contributed by atoms with van der Waals surface area (Å²) in [6.45, 7) is 6.43. The summed E-state index contributed by atoms with van der Waals surface area (Å²) in [4.78, 5) is 9.91. The van der Waals surface area contributed by atoms with Gasteiger partial charge in [-0.1, -0.05) is 0 Å².